The van der Waals surface area contributed by atoms with E-state index in [1.807, 2.05) is 13.8 Å². The first-order chi connectivity index (χ1) is 12.9. The van der Waals surface area contributed by atoms with E-state index in [0.29, 0.717) is 6.42 Å². The summed E-state index contributed by atoms with van der Waals surface area (Å²) < 4.78 is 0.891. The maximum Gasteiger partial charge on any atom is 0.306 e. The van der Waals surface area contributed by atoms with Crippen molar-refractivity contribution in [2.24, 2.45) is 5.92 Å². The first-order valence-electron chi connectivity index (χ1n) is 11.3. The summed E-state index contributed by atoms with van der Waals surface area (Å²) in [5, 5.41) is 20.0. The average molecular weight is 385 g/mol. The third-order valence-electron chi connectivity index (χ3n) is 5.67. The van der Waals surface area contributed by atoms with Gasteiger partial charge in [0.05, 0.1) is 25.6 Å². The Morgan fingerprint density at radius 1 is 0.963 bits per heavy atom. The molecule has 0 radical (unpaired) electrons. The highest BCUT2D eigenvalue weighted by molar-refractivity contribution is 5.69. The van der Waals surface area contributed by atoms with Crippen LogP contribution in [-0.4, -0.2) is 52.9 Å². The van der Waals surface area contributed by atoms with Gasteiger partial charge in [0.1, 0.15) is 12.6 Å². The van der Waals surface area contributed by atoms with Crippen molar-refractivity contribution in [2.45, 2.75) is 98.0 Å². The third kappa shape index (κ3) is 13.0. The van der Waals surface area contributed by atoms with E-state index in [-0.39, 0.29) is 12.0 Å². The number of carboxylic acid groups (broad SMARTS) is 1. The summed E-state index contributed by atoms with van der Waals surface area (Å²) in [6, 6.07) is 0. The Kier molecular flexibility index (Phi) is 15.6. The largest absolute Gasteiger partial charge is 0.481 e. The molecule has 0 aromatic rings. The summed E-state index contributed by atoms with van der Waals surface area (Å²) in [6.45, 7) is 12.0. The quantitative estimate of drug-likeness (QED) is 0.189. The number of carboxylic acids is 1. The van der Waals surface area contributed by atoms with Gasteiger partial charge in [0.15, 0.2) is 0 Å². The minimum absolute atomic E-state index is 0.293. The van der Waals surface area contributed by atoms with Crippen LogP contribution < -0.4 is 0 Å². The first kappa shape index (κ1) is 26.1. The highest BCUT2D eigenvalue weighted by atomic mass is 16.4. The molecule has 0 aliphatic carbocycles. The van der Waals surface area contributed by atoms with Gasteiger partial charge in [-0.3, -0.25) is 4.79 Å². The summed E-state index contributed by atoms with van der Waals surface area (Å²) in [5.41, 5.74) is 0. The molecular formula is C23H46NO3+. The summed E-state index contributed by atoms with van der Waals surface area (Å²) in [6.07, 6.45) is 14.6. The van der Waals surface area contributed by atoms with E-state index in [4.69, 9.17) is 0 Å². The van der Waals surface area contributed by atoms with E-state index < -0.39 is 5.97 Å². The molecule has 2 N–H and O–H groups in total. The molecule has 0 aliphatic rings. The minimum Gasteiger partial charge on any atom is -0.481 e. The van der Waals surface area contributed by atoms with Crippen molar-refractivity contribution in [3.05, 3.63) is 12.2 Å². The van der Waals surface area contributed by atoms with E-state index in [1.54, 1.807) is 0 Å². The van der Waals surface area contributed by atoms with Gasteiger partial charge in [-0.15, -0.1) is 0 Å². The summed E-state index contributed by atoms with van der Waals surface area (Å²) in [5.74, 6) is -1.02. The van der Waals surface area contributed by atoms with Crippen LogP contribution >= 0.6 is 0 Å². The zero-order valence-electron chi connectivity index (χ0n) is 18.5. The number of aliphatic carboxylic acids is 1. The third-order valence-corrected chi connectivity index (χ3v) is 5.67. The van der Waals surface area contributed by atoms with Gasteiger partial charge in [0, 0.05) is 6.42 Å². The van der Waals surface area contributed by atoms with Crippen molar-refractivity contribution < 1.29 is 19.5 Å². The molecule has 4 heteroatoms. The molecule has 0 heterocycles. The molecule has 0 spiro atoms. The molecule has 0 aliphatic heterocycles. The molecule has 0 rings (SSSR count). The number of nitrogens with zero attached hydrogens (tertiary/aromatic N) is 1. The fourth-order valence-electron chi connectivity index (χ4n) is 3.77. The zero-order chi connectivity index (χ0) is 20.5. The van der Waals surface area contributed by atoms with Crippen molar-refractivity contribution in [2.75, 3.05) is 26.2 Å². The van der Waals surface area contributed by atoms with Gasteiger partial charge in [0.2, 0.25) is 0 Å². The molecule has 0 amide bonds. The molecule has 2 atom stereocenters. The Morgan fingerprint density at radius 2 is 1.56 bits per heavy atom. The summed E-state index contributed by atoms with van der Waals surface area (Å²) in [7, 11) is 0. The normalized spacial score (nSPS) is 14.6. The van der Waals surface area contributed by atoms with Crippen LogP contribution in [0.2, 0.25) is 0 Å². The number of aliphatic hydroxyl groups is 1. The molecule has 0 fully saturated rings. The van der Waals surface area contributed by atoms with Crippen molar-refractivity contribution in [3.63, 3.8) is 0 Å². The van der Waals surface area contributed by atoms with Gasteiger partial charge in [-0.1, -0.05) is 45.8 Å². The number of allylic oxidation sites excluding steroid dienone is 2. The van der Waals surface area contributed by atoms with Gasteiger partial charge >= 0.3 is 5.97 Å². The second-order valence-corrected chi connectivity index (χ2v) is 8.29. The number of rotatable bonds is 18. The fourth-order valence-corrected chi connectivity index (χ4v) is 3.77. The fraction of sp³-hybridized carbons (Fsp3) is 0.870. The van der Waals surface area contributed by atoms with Gasteiger partial charge < -0.3 is 14.7 Å². The molecule has 160 valence electrons. The Morgan fingerprint density at radius 3 is 2.04 bits per heavy atom. The van der Waals surface area contributed by atoms with Gasteiger partial charge in [-0.05, 0) is 51.9 Å². The van der Waals surface area contributed by atoms with Crippen LogP contribution in [0.5, 0.6) is 0 Å². The molecule has 0 bridgehead atoms. The topological polar surface area (TPSA) is 57.5 Å². The van der Waals surface area contributed by atoms with Crippen LogP contribution in [0.15, 0.2) is 12.2 Å². The number of aliphatic hydroxyl groups excluding tert-OH is 1. The smallest absolute Gasteiger partial charge is 0.306 e. The van der Waals surface area contributed by atoms with E-state index in [0.717, 1.165) is 62.8 Å². The van der Waals surface area contributed by atoms with E-state index >= 15 is 0 Å². The van der Waals surface area contributed by atoms with Crippen molar-refractivity contribution in [3.8, 4) is 0 Å². The molecule has 0 aromatic carbocycles. The Balaban J connectivity index is 5.04. The Labute approximate surface area is 168 Å². The lowest BCUT2D eigenvalue weighted by Gasteiger charge is -2.41. The average Bonchev–Trinajstić information content (AvgIpc) is 2.63. The lowest BCUT2D eigenvalue weighted by molar-refractivity contribution is -0.931. The first-order valence-corrected chi connectivity index (χ1v) is 11.3. The zero-order valence-corrected chi connectivity index (χ0v) is 18.5. The second-order valence-electron chi connectivity index (χ2n) is 8.29. The molecule has 4 nitrogen and oxygen atoms in total. The van der Waals surface area contributed by atoms with Crippen LogP contribution in [0.4, 0.5) is 0 Å². The second kappa shape index (κ2) is 16.1. The van der Waals surface area contributed by atoms with Crippen molar-refractivity contribution in [1.82, 2.24) is 0 Å². The standard InChI is InChI=1S/C23H45NO3/c1-5-8-11-12-15-22(25)20-24(17-13-9-6-2,18-14-10-7-3)19-16-21(4)23(26)27/h5,8,21-22,25H,6-7,9-20H2,1-4H3/p+1/b8-5+. The molecule has 0 saturated carbocycles. The van der Waals surface area contributed by atoms with Crippen LogP contribution in [-0.2, 0) is 4.79 Å². The molecule has 0 saturated heterocycles. The van der Waals surface area contributed by atoms with Gasteiger partial charge in [-0.2, -0.15) is 0 Å². The predicted octanol–water partition coefficient (Wildman–Crippen LogP) is 5.40. The van der Waals surface area contributed by atoms with E-state index in [1.165, 1.54) is 25.7 Å². The number of carbonyl (C=O) groups is 1. The Hall–Kier alpha value is -0.870. The minimum atomic E-state index is -0.706. The lowest BCUT2D eigenvalue weighted by atomic mass is 10.0. The monoisotopic (exact) mass is 384 g/mol. The molecular weight excluding hydrogens is 338 g/mol. The van der Waals surface area contributed by atoms with Gasteiger partial charge in [0.25, 0.3) is 0 Å². The van der Waals surface area contributed by atoms with E-state index in [2.05, 4.69) is 26.0 Å². The molecule has 0 aromatic heterocycles. The van der Waals surface area contributed by atoms with E-state index in [9.17, 15) is 15.0 Å². The summed E-state index contributed by atoms with van der Waals surface area (Å²) in [4.78, 5) is 11.3. The predicted molar refractivity (Wildman–Crippen MR) is 115 cm³/mol. The number of hydrogen-bond acceptors (Lipinski definition) is 2. The highest BCUT2D eigenvalue weighted by Crippen LogP contribution is 2.20. The summed E-state index contributed by atoms with van der Waals surface area (Å²) >= 11 is 0. The number of unbranched alkanes of at least 4 members (excludes halogenated alkanes) is 5. The van der Waals surface area contributed by atoms with Crippen LogP contribution in [0, 0.1) is 5.92 Å². The van der Waals surface area contributed by atoms with Crippen molar-refractivity contribution >= 4 is 5.97 Å². The van der Waals surface area contributed by atoms with Gasteiger partial charge in [-0.25, -0.2) is 0 Å². The number of hydrogen-bond donors (Lipinski definition) is 2. The molecule has 27 heavy (non-hydrogen) atoms. The maximum absolute atomic E-state index is 11.3. The Bertz CT molecular complexity index is 385. The highest BCUT2D eigenvalue weighted by Gasteiger charge is 2.30. The molecule has 2 unspecified atom stereocenters. The maximum atomic E-state index is 11.3. The van der Waals surface area contributed by atoms with Crippen molar-refractivity contribution in [1.29, 1.82) is 0 Å². The van der Waals surface area contributed by atoms with Crippen LogP contribution in [0.3, 0.4) is 0 Å². The SMILES string of the molecule is C/C=C/CCCC(O)C[N+](CCCCC)(CCCCC)CCC(C)C(=O)O. The lowest BCUT2D eigenvalue weighted by Crippen LogP contribution is -2.54. The van der Waals surface area contributed by atoms with Crippen LogP contribution in [0.25, 0.3) is 0 Å². The number of quaternary nitrogens is 1. The van der Waals surface area contributed by atoms with Crippen LogP contribution in [0.1, 0.15) is 91.9 Å².